The zero-order chi connectivity index (χ0) is 15.1. The molecule has 3 heterocycles. The molecule has 0 saturated carbocycles. The molecule has 114 valence electrons. The van der Waals surface area contributed by atoms with Gasteiger partial charge >= 0.3 is 0 Å². The summed E-state index contributed by atoms with van der Waals surface area (Å²) in [6.07, 6.45) is 2.81. The Balaban J connectivity index is 1.53. The summed E-state index contributed by atoms with van der Waals surface area (Å²) >= 11 is 1.55. The molecule has 0 radical (unpaired) electrons. The molecule has 4 rings (SSSR count). The predicted octanol–water partition coefficient (Wildman–Crippen LogP) is 2.52. The monoisotopic (exact) mass is 316 g/mol. The molecule has 0 spiro atoms. The van der Waals surface area contributed by atoms with E-state index < -0.39 is 0 Å². The van der Waals surface area contributed by atoms with Crippen LogP contribution in [0.3, 0.4) is 0 Å². The number of ether oxygens (including phenoxy) is 2. The second kappa shape index (κ2) is 5.17. The minimum absolute atomic E-state index is 0.191. The second-order valence-electron chi connectivity index (χ2n) is 5.32. The van der Waals surface area contributed by atoms with Crippen LogP contribution in [0, 0.1) is 6.92 Å². The van der Waals surface area contributed by atoms with Crippen molar-refractivity contribution in [2.24, 2.45) is 0 Å². The Morgan fingerprint density at radius 3 is 3.18 bits per heavy atom. The SMILES string of the molecule is COc1cccc2c1OCC(Nc1nn3cc(C)nc3s1)C2. The zero-order valence-electron chi connectivity index (χ0n) is 12.4. The lowest BCUT2D eigenvalue weighted by Gasteiger charge is -2.26. The van der Waals surface area contributed by atoms with E-state index in [1.165, 1.54) is 0 Å². The first-order chi connectivity index (χ1) is 10.7. The minimum Gasteiger partial charge on any atom is -0.493 e. The third kappa shape index (κ3) is 2.27. The van der Waals surface area contributed by atoms with Gasteiger partial charge in [0.25, 0.3) is 0 Å². The number of rotatable bonds is 3. The van der Waals surface area contributed by atoms with Crippen LogP contribution in [0.2, 0.25) is 0 Å². The van der Waals surface area contributed by atoms with Gasteiger partial charge in [-0.3, -0.25) is 0 Å². The third-order valence-corrected chi connectivity index (χ3v) is 4.52. The number of aromatic nitrogens is 3. The number of para-hydroxylation sites is 1. The largest absolute Gasteiger partial charge is 0.493 e. The first-order valence-corrected chi connectivity index (χ1v) is 7.92. The molecule has 1 unspecified atom stereocenters. The molecule has 3 aromatic rings. The molecule has 1 aromatic carbocycles. The molecule has 1 atom stereocenters. The summed E-state index contributed by atoms with van der Waals surface area (Å²) in [5.74, 6) is 1.65. The van der Waals surface area contributed by atoms with Gasteiger partial charge in [0, 0.05) is 5.56 Å². The molecule has 0 amide bonds. The van der Waals surface area contributed by atoms with Crippen LogP contribution < -0.4 is 14.8 Å². The van der Waals surface area contributed by atoms with Crippen LogP contribution in [-0.2, 0) is 6.42 Å². The molecule has 7 heteroatoms. The lowest BCUT2D eigenvalue weighted by atomic mass is 10.0. The van der Waals surface area contributed by atoms with Gasteiger partial charge in [-0.05, 0) is 19.4 Å². The number of nitrogens with zero attached hydrogens (tertiary/aromatic N) is 3. The lowest BCUT2D eigenvalue weighted by molar-refractivity contribution is 0.256. The van der Waals surface area contributed by atoms with Gasteiger partial charge in [-0.1, -0.05) is 23.5 Å². The Morgan fingerprint density at radius 1 is 1.45 bits per heavy atom. The number of nitrogens with one attached hydrogen (secondary N) is 1. The van der Waals surface area contributed by atoms with Gasteiger partial charge in [0.1, 0.15) is 6.61 Å². The summed E-state index contributed by atoms with van der Waals surface area (Å²) in [7, 11) is 1.66. The van der Waals surface area contributed by atoms with Crippen molar-refractivity contribution in [1.29, 1.82) is 0 Å². The molecule has 0 saturated heterocycles. The van der Waals surface area contributed by atoms with Crippen LogP contribution in [0.5, 0.6) is 11.5 Å². The number of aryl methyl sites for hydroxylation is 1. The predicted molar refractivity (Wildman–Crippen MR) is 85.2 cm³/mol. The van der Waals surface area contributed by atoms with Gasteiger partial charge in [-0.15, -0.1) is 5.10 Å². The van der Waals surface area contributed by atoms with Crippen molar-refractivity contribution in [3.05, 3.63) is 35.7 Å². The quantitative estimate of drug-likeness (QED) is 0.804. The second-order valence-corrected chi connectivity index (χ2v) is 6.28. The van der Waals surface area contributed by atoms with E-state index in [4.69, 9.17) is 9.47 Å². The van der Waals surface area contributed by atoms with E-state index in [0.717, 1.165) is 39.3 Å². The van der Waals surface area contributed by atoms with Crippen molar-refractivity contribution in [2.45, 2.75) is 19.4 Å². The number of hydrogen-bond donors (Lipinski definition) is 1. The normalized spacial score (nSPS) is 17.1. The Labute approximate surface area is 131 Å². The summed E-state index contributed by atoms with van der Waals surface area (Å²) in [5.41, 5.74) is 2.13. The summed E-state index contributed by atoms with van der Waals surface area (Å²) in [4.78, 5) is 5.32. The summed E-state index contributed by atoms with van der Waals surface area (Å²) < 4.78 is 13.0. The van der Waals surface area contributed by atoms with Crippen LogP contribution in [0.4, 0.5) is 5.13 Å². The molecule has 0 bridgehead atoms. The highest BCUT2D eigenvalue weighted by Gasteiger charge is 2.23. The van der Waals surface area contributed by atoms with E-state index in [1.807, 2.05) is 29.8 Å². The number of methoxy groups -OCH3 is 1. The van der Waals surface area contributed by atoms with E-state index >= 15 is 0 Å². The van der Waals surface area contributed by atoms with Gasteiger partial charge < -0.3 is 14.8 Å². The van der Waals surface area contributed by atoms with E-state index in [0.29, 0.717) is 6.61 Å². The molecule has 22 heavy (non-hydrogen) atoms. The van der Waals surface area contributed by atoms with Crippen molar-refractivity contribution in [3.8, 4) is 11.5 Å². The topological polar surface area (TPSA) is 60.7 Å². The average molecular weight is 316 g/mol. The first kappa shape index (κ1) is 13.4. The van der Waals surface area contributed by atoms with Gasteiger partial charge in [-0.2, -0.15) is 0 Å². The molecular formula is C15H16N4O2S. The number of imidazole rings is 1. The zero-order valence-corrected chi connectivity index (χ0v) is 13.2. The molecule has 1 N–H and O–H groups in total. The third-order valence-electron chi connectivity index (χ3n) is 3.67. The molecule has 1 aliphatic heterocycles. The van der Waals surface area contributed by atoms with Crippen LogP contribution >= 0.6 is 11.3 Å². The van der Waals surface area contributed by atoms with Gasteiger partial charge in [0.2, 0.25) is 10.1 Å². The molecular weight excluding hydrogens is 300 g/mol. The molecule has 0 fully saturated rings. The Hall–Kier alpha value is -2.28. The highest BCUT2D eigenvalue weighted by molar-refractivity contribution is 7.20. The Kier molecular flexibility index (Phi) is 3.15. The van der Waals surface area contributed by atoms with E-state index in [9.17, 15) is 0 Å². The lowest BCUT2D eigenvalue weighted by Crippen LogP contribution is -2.33. The highest BCUT2D eigenvalue weighted by Crippen LogP contribution is 2.35. The van der Waals surface area contributed by atoms with Crippen molar-refractivity contribution in [1.82, 2.24) is 14.6 Å². The minimum atomic E-state index is 0.191. The van der Waals surface area contributed by atoms with E-state index in [2.05, 4.69) is 21.5 Å². The van der Waals surface area contributed by atoms with Crippen molar-refractivity contribution in [2.75, 3.05) is 19.0 Å². The molecule has 1 aliphatic rings. The van der Waals surface area contributed by atoms with E-state index in [-0.39, 0.29) is 6.04 Å². The Morgan fingerprint density at radius 2 is 2.36 bits per heavy atom. The number of benzene rings is 1. The first-order valence-electron chi connectivity index (χ1n) is 7.11. The number of anilines is 1. The number of hydrogen-bond acceptors (Lipinski definition) is 6. The average Bonchev–Trinajstić information content (AvgIpc) is 3.02. The summed E-state index contributed by atoms with van der Waals surface area (Å²) in [6.45, 7) is 2.56. The Bertz CT molecular complexity index is 795. The standard InChI is InChI=1S/C15H16N4O2S/c1-9-7-19-15(16-9)22-14(18-19)17-11-6-10-4-3-5-12(20-2)13(10)21-8-11/h3-5,7,11H,6,8H2,1-2H3,(H,17,18). The van der Waals surface area contributed by atoms with Crippen LogP contribution in [0.1, 0.15) is 11.3 Å². The van der Waals surface area contributed by atoms with Gasteiger partial charge in [-0.25, -0.2) is 9.50 Å². The molecule has 0 aliphatic carbocycles. The smallest absolute Gasteiger partial charge is 0.214 e. The highest BCUT2D eigenvalue weighted by atomic mass is 32.1. The maximum Gasteiger partial charge on any atom is 0.214 e. The maximum absolute atomic E-state index is 5.87. The number of fused-ring (bicyclic) bond motifs is 2. The van der Waals surface area contributed by atoms with Gasteiger partial charge in [0.15, 0.2) is 11.5 Å². The van der Waals surface area contributed by atoms with Crippen molar-refractivity contribution in [3.63, 3.8) is 0 Å². The molecule has 6 nitrogen and oxygen atoms in total. The fraction of sp³-hybridized carbons (Fsp3) is 0.333. The van der Waals surface area contributed by atoms with Crippen LogP contribution in [0.15, 0.2) is 24.4 Å². The van der Waals surface area contributed by atoms with Crippen LogP contribution in [-0.4, -0.2) is 34.4 Å². The maximum atomic E-state index is 5.87. The summed E-state index contributed by atoms with van der Waals surface area (Å²) in [5, 5.41) is 8.80. The van der Waals surface area contributed by atoms with Gasteiger partial charge in [0.05, 0.1) is 25.0 Å². The van der Waals surface area contributed by atoms with Crippen LogP contribution in [0.25, 0.3) is 4.96 Å². The fourth-order valence-electron chi connectivity index (χ4n) is 2.69. The summed E-state index contributed by atoms with van der Waals surface area (Å²) in [6, 6.07) is 6.18. The molecule has 2 aromatic heterocycles. The van der Waals surface area contributed by atoms with Crippen molar-refractivity contribution < 1.29 is 9.47 Å². The van der Waals surface area contributed by atoms with E-state index in [1.54, 1.807) is 18.4 Å². The fourth-order valence-corrected chi connectivity index (χ4v) is 3.59. The van der Waals surface area contributed by atoms with Crippen molar-refractivity contribution >= 4 is 21.4 Å².